The molecule has 0 amide bonds. The van der Waals surface area contributed by atoms with Gasteiger partial charge >= 0.3 is 5.97 Å². The van der Waals surface area contributed by atoms with Crippen molar-refractivity contribution in [3.63, 3.8) is 0 Å². The maximum atomic E-state index is 13.0. The fraction of sp³-hybridized carbons (Fsp3) is 0.423. The standard InChI is InChI=1S/C26H32O4S/c1-19(2)23-14-15-26(25(27)30-4,16-17-31(28)22-8-6-5-7-9-22)18-24(23)20-10-12-21(29-3)13-11-20/h5-13,23-24H,1,14-18H2,2-4H3/t23-,24-,26+,31?/m0/s1. The summed E-state index contributed by atoms with van der Waals surface area (Å²) in [5.74, 6) is 1.50. The van der Waals surface area contributed by atoms with E-state index in [0.29, 0.717) is 24.5 Å². The summed E-state index contributed by atoms with van der Waals surface area (Å²) in [5, 5.41) is 0. The average molecular weight is 441 g/mol. The van der Waals surface area contributed by atoms with Crippen molar-refractivity contribution < 1.29 is 18.5 Å². The van der Waals surface area contributed by atoms with Crippen LogP contribution in [0.15, 0.2) is 71.6 Å². The van der Waals surface area contributed by atoms with Crippen molar-refractivity contribution in [1.29, 1.82) is 0 Å². The summed E-state index contributed by atoms with van der Waals surface area (Å²) >= 11 is 0. The topological polar surface area (TPSA) is 52.6 Å². The van der Waals surface area contributed by atoms with Crippen LogP contribution in [-0.4, -0.2) is 30.2 Å². The van der Waals surface area contributed by atoms with Gasteiger partial charge in [-0.05, 0) is 74.3 Å². The lowest BCUT2D eigenvalue weighted by atomic mass is 9.61. The van der Waals surface area contributed by atoms with Crippen molar-refractivity contribution in [2.75, 3.05) is 20.0 Å². The van der Waals surface area contributed by atoms with Crippen LogP contribution < -0.4 is 4.74 Å². The van der Waals surface area contributed by atoms with E-state index in [2.05, 4.69) is 25.6 Å². The first-order valence-corrected chi connectivity index (χ1v) is 12.0. The Morgan fingerprint density at radius 2 is 1.81 bits per heavy atom. The van der Waals surface area contributed by atoms with E-state index in [9.17, 15) is 9.00 Å². The minimum Gasteiger partial charge on any atom is -0.497 e. The Balaban J connectivity index is 1.87. The lowest BCUT2D eigenvalue weighted by Crippen LogP contribution is -2.41. The van der Waals surface area contributed by atoms with Gasteiger partial charge in [0.25, 0.3) is 0 Å². The third-order valence-corrected chi connectivity index (χ3v) is 7.97. The quantitative estimate of drug-likeness (QED) is 0.401. The predicted octanol–water partition coefficient (Wildman–Crippen LogP) is 5.51. The molecule has 1 aliphatic rings. The molecule has 1 fully saturated rings. The number of hydrogen-bond donors (Lipinski definition) is 0. The summed E-state index contributed by atoms with van der Waals surface area (Å²) in [5.41, 5.74) is 1.66. The van der Waals surface area contributed by atoms with Crippen molar-refractivity contribution in [1.82, 2.24) is 0 Å². The van der Waals surface area contributed by atoms with Gasteiger partial charge in [0.2, 0.25) is 0 Å². The number of carbonyl (C=O) groups is 1. The normalized spacial score (nSPS) is 24.2. The van der Waals surface area contributed by atoms with Crippen LogP contribution in [0.2, 0.25) is 0 Å². The van der Waals surface area contributed by atoms with Gasteiger partial charge in [0.15, 0.2) is 0 Å². The van der Waals surface area contributed by atoms with Gasteiger partial charge < -0.3 is 9.47 Å². The zero-order chi connectivity index (χ0) is 22.4. The van der Waals surface area contributed by atoms with Gasteiger partial charge in [0.1, 0.15) is 5.75 Å². The van der Waals surface area contributed by atoms with Gasteiger partial charge in [-0.25, -0.2) is 0 Å². The molecule has 5 heteroatoms. The lowest BCUT2D eigenvalue weighted by Gasteiger charge is -2.43. The number of benzene rings is 2. The van der Waals surface area contributed by atoms with Gasteiger partial charge in [0, 0.05) is 10.6 Å². The molecule has 0 radical (unpaired) electrons. The Bertz CT molecular complexity index is 922. The lowest BCUT2D eigenvalue weighted by molar-refractivity contribution is -0.156. The van der Waals surface area contributed by atoms with Crippen LogP contribution in [-0.2, 0) is 20.3 Å². The molecule has 4 atom stereocenters. The molecule has 1 unspecified atom stereocenters. The second kappa shape index (κ2) is 10.3. The summed E-state index contributed by atoms with van der Waals surface area (Å²) in [6.45, 7) is 6.29. The van der Waals surface area contributed by atoms with E-state index in [0.717, 1.165) is 29.1 Å². The Kier molecular flexibility index (Phi) is 7.71. The van der Waals surface area contributed by atoms with E-state index in [1.807, 2.05) is 42.5 Å². The third kappa shape index (κ3) is 5.27. The highest BCUT2D eigenvalue weighted by atomic mass is 32.2. The van der Waals surface area contributed by atoms with Crippen LogP contribution in [0, 0.1) is 11.3 Å². The van der Waals surface area contributed by atoms with Gasteiger partial charge in [-0.2, -0.15) is 0 Å². The minimum atomic E-state index is -1.15. The van der Waals surface area contributed by atoms with E-state index in [4.69, 9.17) is 9.47 Å². The fourth-order valence-electron chi connectivity index (χ4n) is 4.80. The molecule has 0 saturated heterocycles. The van der Waals surface area contributed by atoms with Gasteiger partial charge in [-0.15, -0.1) is 0 Å². The number of ether oxygens (including phenoxy) is 2. The van der Waals surface area contributed by atoms with Crippen LogP contribution in [0.25, 0.3) is 0 Å². The molecule has 0 aromatic heterocycles. The van der Waals surface area contributed by atoms with Crippen LogP contribution in [0.3, 0.4) is 0 Å². The Morgan fingerprint density at radius 3 is 2.39 bits per heavy atom. The number of rotatable bonds is 8. The summed E-state index contributed by atoms with van der Waals surface area (Å²) in [6.07, 6.45) is 2.78. The first-order valence-electron chi connectivity index (χ1n) is 10.7. The number of hydrogen-bond acceptors (Lipinski definition) is 4. The molecule has 31 heavy (non-hydrogen) atoms. The van der Waals surface area contributed by atoms with Crippen LogP contribution in [0.1, 0.15) is 44.1 Å². The molecular formula is C26H32O4S. The fourth-order valence-corrected chi connectivity index (χ4v) is 6.07. The molecule has 166 valence electrons. The molecule has 1 aliphatic carbocycles. The minimum absolute atomic E-state index is 0.154. The van der Waals surface area contributed by atoms with Gasteiger partial charge in [-0.3, -0.25) is 9.00 Å². The molecular weight excluding hydrogens is 408 g/mol. The van der Waals surface area contributed by atoms with Crippen molar-refractivity contribution in [3.8, 4) is 5.75 Å². The maximum absolute atomic E-state index is 13.0. The maximum Gasteiger partial charge on any atom is 0.311 e. The first kappa shape index (κ1) is 23.3. The molecule has 2 aromatic carbocycles. The van der Waals surface area contributed by atoms with Crippen LogP contribution in [0.5, 0.6) is 5.75 Å². The third-order valence-electron chi connectivity index (χ3n) is 6.60. The number of carbonyl (C=O) groups excluding carboxylic acids is 1. The van der Waals surface area contributed by atoms with Gasteiger partial charge in [-0.1, -0.05) is 42.5 Å². The molecule has 0 spiro atoms. The van der Waals surface area contributed by atoms with Crippen LogP contribution >= 0.6 is 0 Å². The molecule has 2 aromatic rings. The van der Waals surface area contributed by atoms with E-state index in [1.54, 1.807) is 7.11 Å². The van der Waals surface area contributed by atoms with Crippen LogP contribution in [0.4, 0.5) is 0 Å². The van der Waals surface area contributed by atoms with Crippen molar-refractivity contribution in [2.24, 2.45) is 11.3 Å². The van der Waals surface area contributed by atoms with E-state index >= 15 is 0 Å². The zero-order valence-corrected chi connectivity index (χ0v) is 19.5. The van der Waals surface area contributed by atoms with E-state index in [1.165, 1.54) is 12.7 Å². The summed E-state index contributed by atoms with van der Waals surface area (Å²) < 4.78 is 23.4. The highest BCUT2D eigenvalue weighted by Gasteiger charge is 2.47. The second-order valence-electron chi connectivity index (χ2n) is 8.46. The van der Waals surface area contributed by atoms with Crippen molar-refractivity contribution in [3.05, 3.63) is 72.3 Å². The Labute approximate surface area is 188 Å². The molecule has 0 bridgehead atoms. The predicted molar refractivity (Wildman–Crippen MR) is 125 cm³/mol. The number of esters is 1. The van der Waals surface area contributed by atoms with Gasteiger partial charge in [0.05, 0.1) is 30.4 Å². The monoisotopic (exact) mass is 440 g/mol. The summed E-state index contributed by atoms with van der Waals surface area (Å²) in [4.78, 5) is 13.8. The highest BCUT2D eigenvalue weighted by Crippen LogP contribution is 2.51. The largest absolute Gasteiger partial charge is 0.497 e. The molecule has 0 aliphatic heterocycles. The molecule has 4 nitrogen and oxygen atoms in total. The summed E-state index contributed by atoms with van der Waals surface area (Å²) in [7, 11) is 1.96. The Hall–Kier alpha value is -2.40. The SMILES string of the molecule is C=C(C)[C@@H]1CC[C@](CCS(=O)c2ccccc2)(C(=O)OC)C[C@H]1c1ccc(OC)cc1. The first-order chi connectivity index (χ1) is 14.9. The van der Waals surface area contributed by atoms with Crippen molar-refractivity contribution in [2.45, 2.75) is 43.4 Å². The zero-order valence-electron chi connectivity index (χ0n) is 18.6. The average Bonchev–Trinajstić information content (AvgIpc) is 2.82. The number of methoxy groups -OCH3 is 2. The smallest absolute Gasteiger partial charge is 0.311 e. The Morgan fingerprint density at radius 1 is 1.13 bits per heavy atom. The summed E-state index contributed by atoms with van der Waals surface area (Å²) in [6, 6.07) is 17.5. The molecule has 0 heterocycles. The second-order valence-corrected chi connectivity index (χ2v) is 10.0. The number of allylic oxidation sites excluding steroid dienone is 1. The van der Waals surface area contributed by atoms with Crippen molar-refractivity contribution >= 4 is 16.8 Å². The highest BCUT2D eigenvalue weighted by molar-refractivity contribution is 7.85. The molecule has 3 rings (SSSR count). The van der Waals surface area contributed by atoms with E-state index in [-0.39, 0.29) is 11.9 Å². The van der Waals surface area contributed by atoms with E-state index < -0.39 is 16.2 Å². The molecule has 1 saturated carbocycles. The molecule has 0 N–H and O–H groups in total.